The van der Waals surface area contributed by atoms with Gasteiger partial charge in [0.15, 0.2) is 0 Å². The first-order chi connectivity index (χ1) is 8.44. The zero-order valence-electron chi connectivity index (χ0n) is 14.4. The first kappa shape index (κ1) is 17.3. The molecule has 0 aromatic heterocycles. The van der Waals surface area contributed by atoms with E-state index in [4.69, 9.17) is 0 Å². The molecule has 0 spiro atoms. The molecule has 114 valence electrons. The molecule has 0 aromatic carbocycles. The largest absolute Gasteiger partial charge is 0.284 e. The first-order valence-electron chi connectivity index (χ1n) is 7.47. The normalized spacial score (nSPS) is 23.8. The lowest BCUT2D eigenvalue weighted by atomic mass is 10.3. The van der Waals surface area contributed by atoms with Crippen LogP contribution >= 0.6 is 0 Å². The van der Waals surface area contributed by atoms with Gasteiger partial charge in [-0.2, -0.15) is 0 Å². The van der Waals surface area contributed by atoms with Crippen molar-refractivity contribution in [2.45, 2.75) is 65.5 Å². The number of hydrazine groups is 1. The second-order valence-electron chi connectivity index (χ2n) is 7.99. The molecule has 0 aromatic rings. The Balaban J connectivity index is 2.89. The molecule has 1 fully saturated rings. The fraction of sp³-hybridized carbons (Fsp3) is 1.00. The van der Waals surface area contributed by atoms with E-state index in [0.717, 1.165) is 13.1 Å². The van der Waals surface area contributed by atoms with Crippen molar-refractivity contribution >= 4 is 16.5 Å². The minimum absolute atomic E-state index is 0.360. The average Bonchev–Trinajstić information content (AvgIpc) is 2.52. The fourth-order valence-corrected chi connectivity index (χ4v) is 12.0. The summed E-state index contributed by atoms with van der Waals surface area (Å²) in [6.45, 7) is 21.5. The summed E-state index contributed by atoms with van der Waals surface area (Å²) >= 11 is 0. The summed E-state index contributed by atoms with van der Waals surface area (Å²) < 4.78 is 2.67. The molecule has 0 bridgehead atoms. The quantitative estimate of drug-likeness (QED) is 0.622. The molecule has 1 rings (SSSR count). The van der Waals surface area contributed by atoms with Crippen molar-refractivity contribution in [3.05, 3.63) is 0 Å². The third kappa shape index (κ3) is 4.37. The van der Waals surface area contributed by atoms with Gasteiger partial charge in [0.2, 0.25) is 0 Å². The molecule has 1 atom stereocenters. The standard InChI is InChI=1S/C13H34N4Si2/c1-12(2)16-11-10-15(3)13(16)14-17(18(4,5)6)19(7,8)9/h12-14H,10-11H2,1-9H3. The van der Waals surface area contributed by atoms with E-state index in [0.29, 0.717) is 12.3 Å². The van der Waals surface area contributed by atoms with Gasteiger partial charge in [0.25, 0.3) is 0 Å². The van der Waals surface area contributed by atoms with Gasteiger partial charge in [-0.15, -0.1) is 0 Å². The maximum absolute atomic E-state index is 3.89. The molecular weight excluding hydrogens is 268 g/mol. The minimum Gasteiger partial charge on any atom is -0.284 e. The average molecular weight is 303 g/mol. The van der Waals surface area contributed by atoms with Crippen molar-refractivity contribution < 1.29 is 0 Å². The highest BCUT2D eigenvalue weighted by molar-refractivity contribution is 6.89. The van der Waals surface area contributed by atoms with Crippen molar-refractivity contribution in [1.29, 1.82) is 0 Å². The van der Waals surface area contributed by atoms with E-state index >= 15 is 0 Å². The van der Waals surface area contributed by atoms with Crippen LogP contribution in [0.3, 0.4) is 0 Å². The lowest BCUT2D eigenvalue weighted by Gasteiger charge is -2.47. The van der Waals surface area contributed by atoms with Gasteiger partial charge < -0.3 is 0 Å². The maximum Gasteiger partial charge on any atom is 0.128 e. The van der Waals surface area contributed by atoms with E-state index in [1.165, 1.54) is 0 Å². The van der Waals surface area contributed by atoms with E-state index in [2.05, 4.69) is 79.7 Å². The molecule has 1 N–H and O–H groups in total. The van der Waals surface area contributed by atoms with Gasteiger partial charge in [0, 0.05) is 19.1 Å². The van der Waals surface area contributed by atoms with Crippen LogP contribution in [0.25, 0.3) is 0 Å². The highest BCUT2D eigenvalue weighted by atomic mass is 28.4. The van der Waals surface area contributed by atoms with Crippen LogP contribution in [0.4, 0.5) is 0 Å². The summed E-state index contributed by atoms with van der Waals surface area (Å²) in [6, 6.07) is 0.590. The van der Waals surface area contributed by atoms with Gasteiger partial charge in [-0.25, -0.2) is 5.43 Å². The Kier molecular flexibility index (Phi) is 5.43. The van der Waals surface area contributed by atoms with Crippen molar-refractivity contribution in [2.24, 2.45) is 0 Å². The van der Waals surface area contributed by atoms with Crippen LogP contribution in [-0.2, 0) is 0 Å². The number of hydrogen-bond acceptors (Lipinski definition) is 4. The lowest BCUT2D eigenvalue weighted by molar-refractivity contribution is 0.0660. The Morgan fingerprint density at radius 3 is 1.84 bits per heavy atom. The summed E-state index contributed by atoms with van der Waals surface area (Å²) in [7, 11) is -0.477. The fourth-order valence-electron chi connectivity index (χ4n) is 2.99. The summed E-state index contributed by atoms with van der Waals surface area (Å²) in [4.78, 5) is 5.00. The molecule has 1 unspecified atom stereocenters. The number of nitrogens with one attached hydrogen (secondary N) is 1. The first-order valence-corrected chi connectivity index (χ1v) is 14.4. The molecule has 19 heavy (non-hydrogen) atoms. The van der Waals surface area contributed by atoms with Crippen molar-refractivity contribution in [2.75, 3.05) is 20.1 Å². The molecule has 0 saturated carbocycles. The van der Waals surface area contributed by atoms with Crippen LogP contribution in [0.2, 0.25) is 39.3 Å². The molecule has 0 radical (unpaired) electrons. The zero-order valence-corrected chi connectivity index (χ0v) is 16.4. The van der Waals surface area contributed by atoms with Gasteiger partial charge in [-0.1, -0.05) is 39.3 Å². The third-order valence-corrected chi connectivity index (χ3v) is 10.7. The zero-order chi connectivity index (χ0) is 15.0. The SMILES string of the molecule is CC(C)N1CCN(C)C1NN([Si](C)(C)C)[Si](C)(C)C. The summed E-state index contributed by atoms with van der Waals surface area (Å²) in [5, 5.41) is 0. The molecule has 1 aliphatic heterocycles. The van der Waals surface area contributed by atoms with Gasteiger partial charge in [0.1, 0.15) is 22.8 Å². The number of rotatable bonds is 5. The van der Waals surface area contributed by atoms with Crippen molar-refractivity contribution in [1.82, 2.24) is 19.6 Å². The predicted molar refractivity (Wildman–Crippen MR) is 89.9 cm³/mol. The maximum atomic E-state index is 3.89. The smallest absolute Gasteiger partial charge is 0.128 e. The lowest BCUT2D eigenvalue weighted by Crippen LogP contribution is -2.70. The van der Waals surface area contributed by atoms with Crippen LogP contribution in [0.5, 0.6) is 0 Å². The Morgan fingerprint density at radius 1 is 1.00 bits per heavy atom. The van der Waals surface area contributed by atoms with Crippen LogP contribution in [0, 0.1) is 0 Å². The van der Waals surface area contributed by atoms with E-state index in [1.807, 2.05) is 0 Å². The van der Waals surface area contributed by atoms with Crippen LogP contribution < -0.4 is 5.43 Å². The van der Waals surface area contributed by atoms with Crippen LogP contribution in [0.15, 0.2) is 0 Å². The number of nitrogens with zero attached hydrogens (tertiary/aromatic N) is 3. The highest BCUT2D eigenvalue weighted by Crippen LogP contribution is 2.21. The van der Waals surface area contributed by atoms with Crippen molar-refractivity contribution in [3.63, 3.8) is 0 Å². The number of likely N-dealkylation sites (N-methyl/N-ethyl adjacent to an activating group) is 1. The Hall–Kier alpha value is 0.274. The number of hydrogen-bond donors (Lipinski definition) is 1. The molecule has 4 nitrogen and oxygen atoms in total. The van der Waals surface area contributed by atoms with E-state index in [-0.39, 0.29) is 0 Å². The Morgan fingerprint density at radius 2 is 1.47 bits per heavy atom. The summed E-state index contributed by atoms with van der Waals surface area (Å²) in [5.41, 5.74) is 3.89. The van der Waals surface area contributed by atoms with Gasteiger partial charge in [-0.3, -0.25) is 14.1 Å². The van der Waals surface area contributed by atoms with Crippen LogP contribution in [0.1, 0.15) is 13.8 Å². The Bertz CT molecular complexity index is 282. The van der Waals surface area contributed by atoms with Crippen molar-refractivity contribution in [3.8, 4) is 0 Å². The van der Waals surface area contributed by atoms with Gasteiger partial charge in [-0.05, 0) is 20.9 Å². The third-order valence-electron chi connectivity index (χ3n) is 3.69. The molecule has 1 heterocycles. The minimum atomic E-state index is -1.35. The van der Waals surface area contributed by atoms with E-state index < -0.39 is 16.5 Å². The summed E-state index contributed by atoms with van der Waals surface area (Å²) in [6.07, 6.45) is 0.360. The van der Waals surface area contributed by atoms with Crippen LogP contribution in [-0.4, -0.2) is 63.1 Å². The molecular formula is C13H34N4Si2. The van der Waals surface area contributed by atoms with Gasteiger partial charge >= 0.3 is 0 Å². The van der Waals surface area contributed by atoms with Gasteiger partial charge in [0.05, 0.1) is 0 Å². The van der Waals surface area contributed by atoms with E-state index in [1.54, 1.807) is 0 Å². The Labute approximate surface area is 122 Å². The molecule has 0 amide bonds. The molecule has 6 heteroatoms. The topological polar surface area (TPSA) is 21.8 Å². The summed E-state index contributed by atoms with van der Waals surface area (Å²) in [5.74, 6) is 0. The second-order valence-corrected chi connectivity index (χ2v) is 18.0. The second kappa shape index (κ2) is 5.95. The highest BCUT2D eigenvalue weighted by Gasteiger charge is 2.40. The molecule has 1 aliphatic rings. The predicted octanol–water partition coefficient (Wildman–Crippen LogP) is 2.40. The molecule has 0 aliphatic carbocycles. The van der Waals surface area contributed by atoms with E-state index in [9.17, 15) is 0 Å². The molecule has 1 saturated heterocycles. The monoisotopic (exact) mass is 302 g/mol.